The second-order valence-electron chi connectivity index (χ2n) is 4.32. The van der Waals surface area contributed by atoms with E-state index in [4.69, 9.17) is 5.14 Å². The summed E-state index contributed by atoms with van der Waals surface area (Å²) < 4.78 is 49.3. The molecule has 1 amide bonds. The fourth-order valence-electron chi connectivity index (χ4n) is 1.93. The zero-order valence-corrected chi connectivity index (χ0v) is 11.2. The molecule has 0 radical (unpaired) electrons. The van der Waals surface area contributed by atoms with Crippen LogP contribution in [-0.4, -0.2) is 32.3 Å². The number of carbonyl (C=O) groups excluding carboxylic acids is 1. The van der Waals surface area contributed by atoms with Crippen molar-refractivity contribution in [1.29, 1.82) is 0 Å². The van der Waals surface area contributed by atoms with Crippen LogP contribution in [0.5, 0.6) is 0 Å². The van der Waals surface area contributed by atoms with Crippen LogP contribution < -0.4 is 5.14 Å². The Balaban J connectivity index is 2.52. The van der Waals surface area contributed by atoms with E-state index in [9.17, 15) is 22.0 Å². The van der Waals surface area contributed by atoms with E-state index < -0.39 is 38.0 Å². The molecule has 8 heteroatoms. The summed E-state index contributed by atoms with van der Waals surface area (Å²) in [5, 5.41) is 4.94. The third-order valence-electron chi connectivity index (χ3n) is 2.90. The van der Waals surface area contributed by atoms with Crippen molar-refractivity contribution in [2.75, 3.05) is 13.1 Å². The molecule has 1 aliphatic rings. The van der Waals surface area contributed by atoms with Crippen molar-refractivity contribution in [3.63, 3.8) is 0 Å². The van der Waals surface area contributed by atoms with Crippen LogP contribution in [0.2, 0.25) is 0 Å². The van der Waals surface area contributed by atoms with E-state index in [1.165, 1.54) is 4.90 Å². The predicted octanol–water partition coefficient (Wildman–Crippen LogP) is 1.01. The van der Waals surface area contributed by atoms with Gasteiger partial charge < -0.3 is 4.90 Å². The van der Waals surface area contributed by atoms with Crippen LogP contribution in [0.15, 0.2) is 29.2 Å². The van der Waals surface area contributed by atoms with Crippen molar-refractivity contribution in [3.05, 3.63) is 41.5 Å². The highest BCUT2D eigenvalue weighted by Gasteiger charge is 2.26. The van der Waals surface area contributed by atoms with Crippen molar-refractivity contribution in [3.8, 4) is 0 Å². The quantitative estimate of drug-likeness (QED) is 0.828. The number of benzene rings is 1. The van der Waals surface area contributed by atoms with Gasteiger partial charge in [0.05, 0.1) is 10.5 Å². The van der Waals surface area contributed by atoms with Gasteiger partial charge in [0.25, 0.3) is 5.91 Å². The summed E-state index contributed by atoms with van der Waals surface area (Å²) in [5.74, 6) is -3.37. The molecule has 0 unspecified atom stereocenters. The molecule has 0 aliphatic carbocycles. The second-order valence-corrected chi connectivity index (χ2v) is 5.85. The number of primary sulfonamides is 1. The third kappa shape index (κ3) is 2.86. The Bertz CT molecular complexity index is 686. The standard InChI is InChI=1S/C12H12F2N2O3S/c13-9-6-8(11(7-10(9)14)20(15,18)19)12(17)16-4-2-1-3-5-16/h1-2,6-7H,3-5H2,(H2,15,18,19). The minimum Gasteiger partial charge on any atom is -0.335 e. The highest BCUT2D eigenvalue weighted by molar-refractivity contribution is 7.89. The molecule has 0 fully saturated rings. The van der Waals surface area contributed by atoms with Crippen LogP contribution in [0.4, 0.5) is 8.78 Å². The molecular weight excluding hydrogens is 290 g/mol. The first-order valence-corrected chi connectivity index (χ1v) is 7.31. The van der Waals surface area contributed by atoms with Gasteiger partial charge in [0.1, 0.15) is 0 Å². The number of rotatable bonds is 2. The molecule has 108 valence electrons. The van der Waals surface area contributed by atoms with Crippen LogP contribution in [-0.2, 0) is 10.0 Å². The molecule has 0 atom stereocenters. The fourth-order valence-corrected chi connectivity index (χ4v) is 2.65. The normalized spacial score (nSPS) is 15.4. The summed E-state index contributed by atoms with van der Waals surface area (Å²) in [6.07, 6.45) is 4.22. The lowest BCUT2D eigenvalue weighted by molar-refractivity contribution is 0.0766. The Morgan fingerprint density at radius 3 is 2.40 bits per heavy atom. The topological polar surface area (TPSA) is 80.5 Å². The Morgan fingerprint density at radius 1 is 1.20 bits per heavy atom. The van der Waals surface area contributed by atoms with Crippen LogP contribution in [0.1, 0.15) is 16.8 Å². The molecular formula is C12H12F2N2O3S. The van der Waals surface area contributed by atoms with Crippen molar-refractivity contribution < 1.29 is 22.0 Å². The summed E-state index contributed by atoms with van der Waals surface area (Å²) in [7, 11) is -4.33. The van der Waals surface area contributed by atoms with Crippen LogP contribution in [0.25, 0.3) is 0 Å². The number of nitrogens with zero attached hydrogens (tertiary/aromatic N) is 1. The van der Waals surface area contributed by atoms with Gasteiger partial charge in [-0.05, 0) is 18.6 Å². The monoisotopic (exact) mass is 302 g/mol. The van der Waals surface area contributed by atoms with Gasteiger partial charge in [-0.3, -0.25) is 4.79 Å². The molecule has 0 saturated carbocycles. The van der Waals surface area contributed by atoms with Gasteiger partial charge in [-0.2, -0.15) is 0 Å². The molecule has 0 spiro atoms. The Labute approximate surface area is 114 Å². The number of hydrogen-bond donors (Lipinski definition) is 1. The van der Waals surface area contributed by atoms with Crippen molar-refractivity contribution in [2.24, 2.45) is 5.14 Å². The zero-order valence-electron chi connectivity index (χ0n) is 10.3. The van der Waals surface area contributed by atoms with Crippen LogP contribution >= 0.6 is 0 Å². The Hall–Kier alpha value is -1.80. The number of sulfonamides is 1. The number of nitrogens with two attached hydrogens (primary N) is 1. The summed E-state index contributed by atoms with van der Waals surface area (Å²) >= 11 is 0. The van der Waals surface area contributed by atoms with E-state index in [0.29, 0.717) is 25.1 Å². The molecule has 1 aliphatic heterocycles. The lowest BCUT2D eigenvalue weighted by Gasteiger charge is -2.24. The van der Waals surface area contributed by atoms with Gasteiger partial charge in [-0.15, -0.1) is 0 Å². The van der Waals surface area contributed by atoms with Crippen LogP contribution in [0.3, 0.4) is 0 Å². The number of amides is 1. The first-order valence-electron chi connectivity index (χ1n) is 5.77. The van der Waals surface area contributed by atoms with Gasteiger partial charge in [0.2, 0.25) is 10.0 Å². The summed E-state index contributed by atoms with van der Waals surface area (Å²) in [6, 6.07) is 0.993. The maximum absolute atomic E-state index is 13.3. The van der Waals surface area contributed by atoms with Crippen molar-refractivity contribution in [2.45, 2.75) is 11.3 Å². The molecule has 1 heterocycles. The lowest BCUT2D eigenvalue weighted by atomic mass is 10.1. The Morgan fingerprint density at radius 2 is 1.85 bits per heavy atom. The molecule has 0 aromatic heterocycles. The van der Waals surface area contributed by atoms with Crippen molar-refractivity contribution in [1.82, 2.24) is 4.90 Å². The van der Waals surface area contributed by atoms with Gasteiger partial charge in [-0.1, -0.05) is 12.2 Å². The molecule has 2 N–H and O–H groups in total. The first-order chi connectivity index (χ1) is 9.30. The fraction of sp³-hybridized carbons (Fsp3) is 0.250. The van der Waals surface area contributed by atoms with Crippen molar-refractivity contribution >= 4 is 15.9 Å². The molecule has 1 aromatic carbocycles. The zero-order chi connectivity index (χ0) is 14.9. The molecule has 0 bridgehead atoms. The first kappa shape index (κ1) is 14.6. The highest BCUT2D eigenvalue weighted by Crippen LogP contribution is 2.21. The van der Waals surface area contributed by atoms with E-state index in [2.05, 4.69) is 0 Å². The minimum atomic E-state index is -4.33. The summed E-state index contributed by atoms with van der Waals surface area (Å²) in [5.41, 5.74) is -0.457. The SMILES string of the molecule is NS(=O)(=O)c1cc(F)c(F)cc1C(=O)N1CC=CCC1. The second kappa shape index (κ2) is 5.29. The van der Waals surface area contributed by atoms with E-state index in [-0.39, 0.29) is 6.54 Å². The van der Waals surface area contributed by atoms with E-state index >= 15 is 0 Å². The average Bonchev–Trinajstić information content (AvgIpc) is 2.40. The van der Waals surface area contributed by atoms with E-state index in [0.717, 1.165) is 0 Å². The van der Waals surface area contributed by atoms with Gasteiger partial charge >= 0.3 is 0 Å². The molecule has 0 saturated heterocycles. The van der Waals surface area contributed by atoms with Gasteiger partial charge in [0, 0.05) is 13.1 Å². The maximum Gasteiger partial charge on any atom is 0.255 e. The van der Waals surface area contributed by atoms with Gasteiger partial charge in [0.15, 0.2) is 11.6 Å². The maximum atomic E-state index is 13.3. The Kier molecular flexibility index (Phi) is 3.87. The lowest BCUT2D eigenvalue weighted by Crippen LogP contribution is -2.35. The largest absolute Gasteiger partial charge is 0.335 e. The smallest absolute Gasteiger partial charge is 0.255 e. The van der Waals surface area contributed by atoms with E-state index in [1.807, 2.05) is 6.08 Å². The molecule has 1 aromatic rings. The molecule has 5 nitrogen and oxygen atoms in total. The molecule has 20 heavy (non-hydrogen) atoms. The summed E-state index contributed by atoms with van der Waals surface area (Å²) in [4.78, 5) is 12.8. The number of carbonyl (C=O) groups is 1. The van der Waals surface area contributed by atoms with Gasteiger partial charge in [-0.25, -0.2) is 22.3 Å². The van der Waals surface area contributed by atoms with Crippen LogP contribution in [0, 0.1) is 11.6 Å². The third-order valence-corrected chi connectivity index (χ3v) is 3.86. The number of halogens is 2. The predicted molar refractivity (Wildman–Crippen MR) is 67.4 cm³/mol. The number of hydrogen-bond acceptors (Lipinski definition) is 3. The van der Waals surface area contributed by atoms with E-state index in [1.54, 1.807) is 6.08 Å². The highest BCUT2D eigenvalue weighted by atomic mass is 32.2. The molecule has 2 rings (SSSR count). The average molecular weight is 302 g/mol. The minimum absolute atomic E-state index is 0.280. The summed E-state index contributed by atoms with van der Waals surface area (Å²) in [6.45, 7) is 0.653.